The molecule has 0 aromatic heterocycles. The van der Waals surface area contributed by atoms with Gasteiger partial charge in [-0.25, -0.2) is 0 Å². The molecule has 0 amide bonds. The van der Waals surface area contributed by atoms with Crippen LogP contribution >= 0.6 is 0 Å². The van der Waals surface area contributed by atoms with Crippen molar-refractivity contribution in [3.05, 3.63) is 0 Å². The van der Waals surface area contributed by atoms with Gasteiger partial charge in [-0.3, -0.25) is 4.18 Å². The van der Waals surface area contributed by atoms with Gasteiger partial charge >= 0.3 is 29.6 Å². The fraction of sp³-hybridized carbons (Fsp3) is 1.00. The Labute approximate surface area is 154 Å². The van der Waals surface area contributed by atoms with Crippen molar-refractivity contribution in [3.63, 3.8) is 0 Å². The molecule has 0 aliphatic rings. The van der Waals surface area contributed by atoms with Gasteiger partial charge in [-0.2, -0.15) is 8.42 Å². The molecule has 124 valence electrons. The van der Waals surface area contributed by atoms with E-state index in [9.17, 15) is 8.42 Å². The van der Waals surface area contributed by atoms with E-state index in [-0.39, 0.29) is 41.4 Å². The van der Waals surface area contributed by atoms with Crippen LogP contribution in [0, 0.1) is 0 Å². The van der Waals surface area contributed by atoms with Crippen molar-refractivity contribution in [3.8, 4) is 0 Å². The summed E-state index contributed by atoms with van der Waals surface area (Å²) in [6.07, 6.45) is 10.4. The van der Waals surface area contributed by atoms with Crippen LogP contribution in [0.3, 0.4) is 0 Å². The second-order valence-corrected chi connectivity index (χ2v) is 7.29. The normalized spacial score (nSPS) is 12.9. The molecule has 0 radical (unpaired) electrons. The van der Waals surface area contributed by atoms with Gasteiger partial charge in [-0.15, -0.1) is 0 Å². The fourth-order valence-corrected chi connectivity index (χ4v) is 3.64. The SMILES string of the molecule is CCCCCCCCCC(CC)S(=O)(=O)OCCCN.[NaH]. The van der Waals surface area contributed by atoms with E-state index in [1.807, 2.05) is 6.92 Å². The number of hydrogen-bond acceptors (Lipinski definition) is 4. The van der Waals surface area contributed by atoms with Crippen molar-refractivity contribution in [1.82, 2.24) is 0 Å². The van der Waals surface area contributed by atoms with Gasteiger partial charge in [0.05, 0.1) is 11.9 Å². The molecule has 0 rings (SSSR count). The minimum atomic E-state index is -3.40. The minimum absolute atomic E-state index is 0. The Morgan fingerprint density at radius 3 is 2.05 bits per heavy atom. The van der Waals surface area contributed by atoms with Crippen LogP contribution in [0.4, 0.5) is 0 Å². The number of hydrogen-bond donors (Lipinski definition) is 1. The zero-order valence-corrected chi connectivity index (χ0v) is 14.1. The molecule has 0 fully saturated rings. The fourth-order valence-electron chi connectivity index (χ4n) is 2.24. The van der Waals surface area contributed by atoms with E-state index >= 15 is 0 Å². The third-order valence-corrected chi connectivity index (χ3v) is 5.47. The number of nitrogens with two attached hydrogens (primary N) is 1. The second kappa shape index (κ2) is 15.8. The van der Waals surface area contributed by atoms with Gasteiger partial charge in [0.2, 0.25) is 0 Å². The van der Waals surface area contributed by atoms with Gasteiger partial charge in [0, 0.05) is 0 Å². The maximum atomic E-state index is 12.0. The van der Waals surface area contributed by atoms with Crippen LogP contribution in [-0.4, -0.2) is 56.4 Å². The van der Waals surface area contributed by atoms with E-state index in [1.165, 1.54) is 32.1 Å². The Balaban J connectivity index is 0. The maximum absolute atomic E-state index is 12.0. The molecule has 0 saturated carbocycles. The van der Waals surface area contributed by atoms with Crippen LogP contribution in [-0.2, 0) is 14.3 Å². The average molecular weight is 331 g/mol. The van der Waals surface area contributed by atoms with Crippen molar-refractivity contribution in [2.24, 2.45) is 5.73 Å². The Morgan fingerprint density at radius 2 is 1.52 bits per heavy atom. The summed E-state index contributed by atoms with van der Waals surface area (Å²) in [7, 11) is -3.40. The number of rotatable bonds is 14. The molecule has 21 heavy (non-hydrogen) atoms. The van der Waals surface area contributed by atoms with Crippen LogP contribution in [0.2, 0.25) is 0 Å². The van der Waals surface area contributed by atoms with Crippen LogP contribution in [0.25, 0.3) is 0 Å². The first-order valence-electron chi connectivity index (χ1n) is 8.16. The van der Waals surface area contributed by atoms with E-state index in [2.05, 4.69) is 6.92 Å². The second-order valence-electron chi connectivity index (χ2n) is 5.40. The third-order valence-electron chi connectivity index (χ3n) is 3.59. The summed E-state index contributed by atoms with van der Waals surface area (Å²) < 4.78 is 29.0. The zero-order chi connectivity index (χ0) is 15.3. The molecule has 6 heteroatoms. The summed E-state index contributed by atoms with van der Waals surface area (Å²) in [5, 5.41) is -0.351. The molecule has 0 aliphatic heterocycles. The molecule has 0 spiro atoms. The van der Waals surface area contributed by atoms with Gasteiger partial charge in [0.25, 0.3) is 10.1 Å². The summed E-state index contributed by atoms with van der Waals surface area (Å²) in [4.78, 5) is 0. The first kappa shape index (κ1) is 24.1. The van der Waals surface area contributed by atoms with Gasteiger partial charge in [0.1, 0.15) is 0 Å². The third kappa shape index (κ3) is 13.0. The zero-order valence-electron chi connectivity index (χ0n) is 13.3. The summed E-state index contributed by atoms with van der Waals surface area (Å²) in [5.74, 6) is 0. The summed E-state index contributed by atoms with van der Waals surface area (Å²) in [5.41, 5.74) is 5.34. The van der Waals surface area contributed by atoms with Crippen molar-refractivity contribution >= 4 is 39.7 Å². The van der Waals surface area contributed by atoms with Gasteiger partial charge < -0.3 is 5.73 Å². The van der Waals surface area contributed by atoms with E-state index in [0.29, 0.717) is 19.4 Å². The van der Waals surface area contributed by atoms with Gasteiger partial charge in [-0.1, -0.05) is 58.8 Å². The molecular formula is C15H34NNaO3S. The van der Waals surface area contributed by atoms with Crippen LogP contribution in [0.15, 0.2) is 0 Å². The topological polar surface area (TPSA) is 69.4 Å². The molecule has 1 unspecified atom stereocenters. The van der Waals surface area contributed by atoms with Crippen LogP contribution in [0.5, 0.6) is 0 Å². The molecule has 0 saturated heterocycles. The van der Waals surface area contributed by atoms with E-state index in [0.717, 1.165) is 19.3 Å². The predicted octanol–water partition coefficient (Wildman–Crippen LogP) is 2.95. The molecule has 4 nitrogen and oxygen atoms in total. The van der Waals surface area contributed by atoms with Gasteiger partial charge in [-0.05, 0) is 25.8 Å². The van der Waals surface area contributed by atoms with Crippen molar-refractivity contribution < 1.29 is 12.6 Å². The Hall–Kier alpha value is 0.870. The van der Waals surface area contributed by atoms with E-state index < -0.39 is 10.1 Å². The molecule has 2 N–H and O–H groups in total. The van der Waals surface area contributed by atoms with Crippen LogP contribution < -0.4 is 5.73 Å². The summed E-state index contributed by atoms with van der Waals surface area (Å²) in [6.45, 7) is 4.80. The first-order chi connectivity index (χ1) is 9.58. The molecule has 1 atom stereocenters. The molecule has 0 aromatic rings. The first-order valence-corrected chi connectivity index (χ1v) is 9.63. The summed E-state index contributed by atoms with van der Waals surface area (Å²) >= 11 is 0. The van der Waals surface area contributed by atoms with Crippen molar-refractivity contribution in [1.29, 1.82) is 0 Å². The molecule has 0 heterocycles. The van der Waals surface area contributed by atoms with Crippen LogP contribution in [0.1, 0.15) is 78.1 Å². The number of unbranched alkanes of at least 4 members (excludes halogenated alkanes) is 6. The van der Waals surface area contributed by atoms with E-state index in [4.69, 9.17) is 9.92 Å². The van der Waals surface area contributed by atoms with Crippen molar-refractivity contribution in [2.45, 2.75) is 83.3 Å². The molecule has 0 aromatic carbocycles. The predicted molar refractivity (Wildman–Crippen MR) is 92.4 cm³/mol. The molecular weight excluding hydrogens is 297 g/mol. The monoisotopic (exact) mass is 331 g/mol. The Bertz CT molecular complexity index is 310. The Kier molecular flexibility index (Phi) is 18.1. The van der Waals surface area contributed by atoms with Crippen molar-refractivity contribution in [2.75, 3.05) is 13.2 Å². The average Bonchev–Trinajstić information content (AvgIpc) is 2.42. The summed E-state index contributed by atoms with van der Waals surface area (Å²) in [6, 6.07) is 0. The van der Waals surface area contributed by atoms with Gasteiger partial charge in [0.15, 0.2) is 0 Å². The standard InChI is InChI=1S/C15H33NO3S.Na.H/c1-3-5-6-7-8-9-10-12-15(4-2)20(17,18)19-14-11-13-16;;/h15H,3-14,16H2,1-2H3;;. The molecule has 0 bridgehead atoms. The Morgan fingerprint density at radius 1 is 0.952 bits per heavy atom. The molecule has 0 aliphatic carbocycles. The quantitative estimate of drug-likeness (QED) is 0.302. The van der Waals surface area contributed by atoms with E-state index in [1.54, 1.807) is 0 Å².